The zero-order chi connectivity index (χ0) is 12.8. The van der Waals surface area contributed by atoms with Gasteiger partial charge in [-0.05, 0) is 11.6 Å². The highest BCUT2D eigenvalue weighted by atomic mass is 16.5. The second-order valence-electron chi connectivity index (χ2n) is 4.15. The molecule has 1 aliphatic heterocycles. The van der Waals surface area contributed by atoms with E-state index in [4.69, 9.17) is 9.84 Å². The first kappa shape index (κ1) is 12.9. The zero-order valence-electron chi connectivity index (χ0n) is 10.2. The number of aliphatic hydroxyl groups excluding tert-OH is 1. The molecule has 0 saturated heterocycles. The van der Waals surface area contributed by atoms with E-state index >= 15 is 0 Å². The van der Waals surface area contributed by atoms with Crippen molar-refractivity contribution in [3.8, 4) is 0 Å². The second kappa shape index (κ2) is 6.37. The predicted octanol–water partition coefficient (Wildman–Crippen LogP) is 0.321. The third kappa shape index (κ3) is 3.00. The van der Waals surface area contributed by atoms with E-state index in [1.807, 2.05) is 24.3 Å². The number of rotatable bonds is 6. The van der Waals surface area contributed by atoms with Crippen LogP contribution in [-0.2, 0) is 9.53 Å². The van der Waals surface area contributed by atoms with Gasteiger partial charge in [0.1, 0.15) is 0 Å². The van der Waals surface area contributed by atoms with Crippen LogP contribution in [0.4, 0.5) is 5.69 Å². The van der Waals surface area contributed by atoms with E-state index in [1.54, 1.807) is 0 Å². The van der Waals surface area contributed by atoms with Crippen molar-refractivity contribution >= 4 is 11.6 Å². The number of ether oxygens (including phenoxy) is 1. The third-order valence-corrected chi connectivity index (χ3v) is 2.93. The summed E-state index contributed by atoms with van der Waals surface area (Å²) in [6.07, 6.45) is 0. The molecule has 1 unspecified atom stereocenters. The molecule has 0 radical (unpaired) electrons. The van der Waals surface area contributed by atoms with Crippen LogP contribution >= 0.6 is 0 Å². The monoisotopic (exact) mass is 250 g/mol. The Balaban J connectivity index is 1.80. The minimum absolute atomic E-state index is 0.00780. The van der Waals surface area contributed by atoms with Crippen molar-refractivity contribution in [1.82, 2.24) is 5.32 Å². The highest BCUT2D eigenvalue weighted by Gasteiger charge is 2.27. The molecule has 0 aromatic heterocycles. The lowest BCUT2D eigenvalue weighted by molar-refractivity contribution is -0.122. The number of benzene rings is 1. The zero-order valence-corrected chi connectivity index (χ0v) is 10.2. The standard InChI is InChI=1S/C13H18N2O3/c16-6-8-18-7-5-14-13(17)11-9-15-12-4-2-1-3-10(11)12/h1-4,11,15-16H,5-9H2,(H,14,17). The van der Waals surface area contributed by atoms with Crippen LogP contribution in [0.25, 0.3) is 0 Å². The lowest BCUT2D eigenvalue weighted by Crippen LogP contribution is -2.33. The molecule has 1 heterocycles. The quantitative estimate of drug-likeness (QED) is 0.636. The second-order valence-corrected chi connectivity index (χ2v) is 4.15. The Labute approximate surface area is 106 Å². The summed E-state index contributed by atoms with van der Waals surface area (Å²) in [5.74, 6) is -0.112. The number of para-hydroxylation sites is 1. The average Bonchev–Trinajstić information content (AvgIpc) is 2.82. The van der Waals surface area contributed by atoms with Crippen LogP contribution in [0.2, 0.25) is 0 Å². The normalized spacial score (nSPS) is 17.1. The maximum absolute atomic E-state index is 12.0. The van der Waals surface area contributed by atoms with Gasteiger partial charge >= 0.3 is 0 Å². The van der Waals surface area contributed by atoms with Crippen molar-refractivity contribution < 1.29 is 14.6 Å². The van der Waals surface area contributed by atoms with Crippen molar-refractivity contribution in [3.63, 3.8) is 0 Å². The summed E-state index contributed by atoms with van der Waals surface area (Å²) in [5, 5.41) is 14.6. The maximum Gasteiger partial charge on any atom is 0.229 e. The average molecular weight is 250 g/mol. The van der Waals surface area contributed by atoms with Gasteiger partial charge in [0.2, 0.25) is 5.91 Å². The molecule has 98 valence electrons. The number of carbonyl (C=O) groups is 1. The fourth-order valence-corrected chi connectivity index (χ4v) is 2.05. The molecule has 1 aromatic carbocycles. The summed E-state index contributed by atoms with van der Waals surface area (Å²) in [7, 11) is 0. The Hall–Kier alpha value is -1.59. The summed E-state index contributed by atoms with van der Waals surface area (Å²) in [6, 6.07) is 7.85. The lowest BCUT2D eigenvalue weighted by atomic mass is 10.0. The number of fused-ring (bicyclic) bond motifs is 1. The van der Waals surface area contributed by atoms with Gasteiger partial charge in [0.05, 0.1) is 25.7 Å². The van der Waals surface area contributed by atoms with Gasteiger partial charge in [0.25, 0.3) is 0 Å². The van der Waals surface area contributed by atoms with Crippen molar-refractivity contribution in [1.29, 1.82) is 0 Å². The molecule has 5 nitrogen and oxygen atoms in total. The lowest BCUT2D eigenvalue weighted by Gasteiger charge is -2.11. The van der Waals surface area contributed by atoms with Crippen LogP contribution in [0.15, 0.2) is 24.3 Å². The molecular weight excluding hydrogens is 232 g/mol. The number of hydrogen-bond donors (Lipinski definition) is 3. The van der Waals surface area contributed by atoms with E-state index in [-0.39, 0.29) is 18.4 Å². The van der Waals surface area contributed by atoms with Crippen LogP contribution in [0, 0.1) is 0 Å². The van der Waals surface area contributed by atoms with Crippen LogP contribution in [0.3, 0.4) is 0 Å². The summed E-state index contributed by atoms with van der Waals surface area (Å²) in [6.45, 7) is 1.85. The van der Waals surface area contributed by atoms with Gasteiger partial charge in [0.15, 0.2) is 0 Å². The number of nitrogens with one attached hydrogen (secondary N) is 2. The van der Waals surface area contributed by atoms with E-state index in [1.165, 1.54) is 0 Å². The molecule has 18 heavy (non-hydrogen) atoms. The first-order chi connectivity index (χ1) is 8.83. The van der Waals surface area contributed by atoms with Crippen molar-refractivity contribution in [3.05, 3.63) is 29.8 Å². The highest BCUT2D eigenvalue weighted by Crippen LogP contribution is 2.30. The number of carbonyl (C=O) groups excluding carboxylic acids is 1. The molecule has 3 N–H and O–H groups in total. The number of aliphatic hydroxyl groups is 1. The molecule has 2 rings (SSSR count). The molecule has 0 saturated carbocycles. The molecule has 0 bridgehead atoms. The molecule has 1 aliphatic rings. The van der Waals surface area contributed by atoms with E-state index in [0.717, 1.165) is 11.3 Å². The fourth-order valence-electron chi connectivity index (χ4n) is 2.05. The first-order valence-corrected chi connectivity index (χ1v) is 6.12. The Bertz CT molecular complexity index is 409. The smallest absolute Gasteiger partial charge is 0.229 e. The summed E-state index contributed by atoms with van der Waals surface area (Å²) in [4.78, 5) is 12.0. The van der Waals surface area contributed by atoms with Gasteiger partial charge in [-0.15, -0.1) is 0 Å². The molecule has 0 aliphatic carbocycles. The van der Waals surface area contributed by atoms with Crippen LogP contribution in [-0.4, -0.2) is 43.9 Å². The summed E-state index contributed by atoms with van der Waals surface area (Å²) in [5.41, 5.74) is 2.08. The van der Waals surface area contributed by atoms with E-state index in [0.29, 0.717) is 26.3 Å². The number of hydrogen-bond acceptors (Lipinski definition) is 4. The number of anilines is 1. The Morgan fingerprint density at radius 2 is 2.28 bits per heavy atom. The molecule has 1 aromatic rings. The van der Waals surface area contributed by atoms with Gasteiger partial charge < -0.3 is 20.5 Å². The maximum atomic E-state index is 12.0. The van der Waals surface area contributed by atoms with Crippen molar-refractivity contribution in [2.45, 2.75) is 5.92 Å². The van der Waals surface area contributed by atoms with Gasteiger partial charge in [-0.25, -0.2) is 0 Å². The third-order valence-electron chi connectivity index (χ3n) is 2.93. The molecule has 5 heteroatoms. The van der Waals surface area contributed by atoms with E-state index in [2.05, 4.69) is 10.6 Å². The van der Waals surface area contributed by atoms with E-state index < -0.39 is 0 Å². The topological polar surface area (TPSA) is 70.6 Å². The van der Waals surface area contributed by atoms with Crippen molar-refractivity contribution in [2.24, 2.45) is 0 Å². The molecule has 0 fully saturated rings. The largest absolute Gasteiger partial charge is 0.394 e. The van der Waals surface area contributed by atoms with Crippen LogP contribution < -0.4 is 10.6 Å². The predicted molar refractivity (Wildman–Crippen MR) is 68.6 cm³/mol. The molecular formula is C13H18N2O3. The highest BCUT2D eigenvalue weighted by molar-refractivity contribution is 5.88. The van der Waals surface area contributed by atoms with E-state index in [9.17, 15) is 4.79 Å². The Kier molecular flexibility index (Phi) is 4.55. The molecule has 1 amide bonds. The van der Waals surface area contributed by atoms with Gasteiger partial charge in [-0.1, -0.05) is 18.2 Å². The first-order valence-electron chi connectivity index (χ1n) is 6.12. The Morgan fingerprint density at radius 1 is 1.44 bits per heavy atom. The molecule has 0 spiro atoms. The summed E-state index contributed by atoms with van der Waals surface area (Å²) >= 11 is 0. The minimum atomic E-state index is -0.126. The van der Waals surface area contributed by atoms with Gasteiger partial charge in [-0.2, -0.15) is 0 Å². The van der Waals surface area contributed by atoms with Gasteiger partial charge in [0, 0.05) is 18.8 Å². The number of amides is 1. The summed E-state index contributed by atoms with van der Waals surface area (Å²) < 4.78 is 5.08. The Morgan fingerprint density at radius 3 is 3.11 bits per heavy atom. The fraction of sp³-hybridized carbons (Fsp3) is 0.462. The SMILES string of the molecule is O=C(NCCOCCO)C1CNc2ccccc21. The van der Waals surface area contributed by atoms with Crippen LogP contribution in [0.5, 0.6) is 0 Å². The minimum Gasteiger partial charge on any atom is -0.394 e. The van der Waals surface area contributed by atoms with Gasteiger partial charge in [-0.3, -0.25) is 4.79 Å². The molecule has 1 atom stereocenters. The van der Waals surface area contributed by atoms with Crippen LogP contribution in [0.1, 0.15) is 11.5 Å². The van der Waals surface area contributed by atoms with Crippen molar-refractivity contribution in [2.75, 3.05) is 38.2 Å².